The van der Waals surface area contributed by atoms with Crippen LogP contribution < -0.4 is 0 Å². The minimum absolute atomic E-state index is 1.19. The molecular formula is CBF3I2O2S. The number of hydrogen-bond acceptors (Lipinski definition) is 2. The molecule has 0 rings (SSSR count). The monoisotopic (exact) mass is 398 g/mol. The predicted molar refractivity (Wildman–Crippen MR) is 48.8 cm³/mol. The molecule has 0 amide bonds. The van der Waals surface area contributed by atoms with E-state index >= 15 is 0 Å². The van der Waals surface area contributed by atoms with Gasteiger partial charge < -0.3 is 0 Å². The number of rotatable bonds is 1. The molecule has 0 aliphatic rings. The van der Waals surface area contributed by atoms with Gasteiger partial charge in [-0.3, -0.25) is 0 Å². The van der Waals surface area contributed by atoms with Gasteiger partial charge in [-0.1, -0.05) is 0 Å². The second-order valence-electron chi connectivity index (χ2n) is 1.25. The molecule has 60 valence electrons. The third-order valence-corrected chi connectivity index (χ3v) is 5.69. The lowest BCUT2D eigenvalue weighted by atomic mass is 10.7. The van der Waals surface area contributed by atoms with Crippen LogP contribution in [0.5, 0.6) is 0 Å². The van der Waals surface area contributed by atoms with Gasteiger partial charge >= 0.3 is 7.21 Å². The Morgan fingerprint density at radius 1 is 1.20 bits per heavy atom. The fourth-order valence-corrected chi connectivity index (χ4v) is 2.03. The molecule has 0 aromatic heterocycles. The molecule has 0 radical (unpaired) electrons. The smallest absolute Gasteiger partial charge is 0.230 e. The molecule has 0 aromatic carbocycles. The molecule has 0 fully saturated rings. The highest BCUT2D eigenvalue weighted by atomic mass is 127. The molecule has 2 nitrogen and oxygen atoms in total. The van der Waals surface area contributed by atoms with Crippen LogP contribution in [0.25, 0.3) is 0 Å². The van der Waals surface area contributed by atoms with Crippen LogP contribution in [-0.4, -0.2) is 15.6 Å². The molecule has 0 unspecified atom stereocenters. The van der Waals surface area contributed by atoms with Gasteiger partial charge in [-0.25, -0.2) is 8.42 Å². The van der Waals surface area contributed by atoms with Crippen molar-refractivity contribution in [1.29, 1.82) is 0 Å². The highest BCUT2D eigenvalue weighted by molar-refractivity contribution is 14.3. The van der Waals surface area contributed by atoms with Crippen molar-refractivity contribution in [2.75, 3.05) is 0 Å². The lowest BCUT2D eigenvalue weighted by molar-refractivity contribution is -0.0413. The van der Waals surface area contributed by atoms with Crippen molar-refractivity contribution in [2.45, 2.75) is 5.51 Å². The van der Waals surface area contributed by atoms with E-state index in [0.717, 1.165) is 0 Å². The van der Waals surface area contributed by atoms with E-state index < -0.39 is 16.9 Å². The van der Waals surface area contributed by atoms with Crippen LogP contribution in [0.1, 0.15) is 0 Å². The van der Waals surface area contributed by atoms with E-state index in [1.807, 2.05) is 0 Å². The summed E-state index contributed by atoms with van der Waals surface area (Å²) in [7, 11) is -4.94. The van der Waals surface area contributed by atoms with Gasteiger partial charge in [0.2, 0.25) is 9.69 Å². The van der Waals surface area contributed by atoms with Gasteiger partial charge in [0.1, 0.15) is 0 Å². The Bertz CT molecular complexity index is 207. The van der Waals surface area contributed by atoms with Gasteiger partial charge in [-0.2, -0.15) is 13.2 Å². The second-order valence-corrected chi connectivity index (χ2v) is 9.84. The minimum atomic E-state index is -5.12. The molecule has 0 bridgehead atoms. The SMILES string of the molecule is O=S(=O)(B(I)I)C(F)(F)F. The number of hydrogen-bond donors (Lipinski definition) is 0. The average molecular weight is 398 g/mol. The summed E-state index contributed by atoms with van der Waals surface area (Å²) >= 11 is 2.38. The fraction of sp³-hybridized carbons (Fsp3) is 1.00. The Kier molecular flexibility index (Phi) is 3.75. The summed E-state index contributed by atoms with van der Waals surface area (Å²) in [4.78, 5) is 0. The summed E-state index contributed by atoms with van der Waals surface area (Å²) < 4.78 is 53.4. The van der Waals surface area contributed by atoms with E-state index in [4.69, 9.17) is 0 Å². The van der Waals surface area contributed by atoms with Crippen LogP contribution in [0.15, 0.2) is 0 Å². The standard InChI is InChI=1S/CBF3I2O2S/c3-1(4,5)10(8,9)2(6)7. The first kappa shape index (κ1) is 11.3. The molecule has 0 aromatic rings. The van der Waals surface area contributed by atoms with E-state index in [2.05, 4.69) is 0 Å². The average Bonchev–Trinajstić information content (AvgIpc) is 1.62. The Labute approximate surface area is 82.6 Å². The lowest BCUT2D eigenvalue weighted by Crippen LogP contribution is -2.30. The summed E-state index contributed by atoms with van der Waals surface area (Å²) in [5.41, 5.74) is -5.12. The van der Waals surface area contributed by atoms with Crippen molar-refractivity contribution in [3.05, 3.63) is 0 Å². The summed E-state index contributed by atoms with van der Waals surface area (Å²) in [6.45, 7) is 0. The van der Waals surface area contributed by atoms with Crippen LogP contribution in [0, 0.1) is 0 Å². The molecule has 0 N–H and O–H groups in total. The maximum atomic E-state index is 11.5. The van der Waals surface area contributed by atoms with E-state index in [1.165, 1.54) is 44.7 Å². The van der Waals surface area contributed by atoms with E-state index in [1.54, 1.807) is 0 Å². The van der Waals surface area contributed by atoms with Crippen molar-refractivity contribution in [1.82, 2.24) is 0 Å². The molecular weight excluding hydrogens is 398 g/mol. The van der Waals surface area contributed by atoms with Crippen LogP contribution in [0.2, 0.25) is 0 Å². The molecule has 10 heavy (non-hydrogen) atoms. The minimum Gasteiger partial charge on any atom is -0.230 e. The van der Waals surface area contributed by atoms with Gasteiger partial charge in [-0.05, 0) is 0 Å². The van der Waals surface area contributed by atoms with Gasteiger partial charge in [0.25, 0.3) is 0 Å². The van der Waals surface area contributed by atoms with Gasteiger partial charge in [-0.15, -0.1) is 44.7 Å². The van der Waals surface area contributed by atoms with Crippen molar-refractivity contribution < 1.29 is 21.6 Å². The number of alkyl halides is 3. The van der Waals surface area contributed by atoms with E-state index in [0.29, 0.717) is 0 Å². The second kappa shape index (κ2) is 3.33. The Morgan fingerprint density at radius 2 is 1.50 bits per heavy atom. The molecule has 0 saturated carbocycles. The van der Waals surface area contributed by atoms with Crippen LogP contribution in [0.3, 0.4) is 0 Å². The fourth-order valence-electron chi connectivity index (χ4n) is 0.101. The van der Waals surface area contributed by atoms with Crippen LogP contribution in [-0.2, 0) is 9.69 Å². The van der Waals surface area contributed by atoms with Crippen molar-refractivity contribution in [3.8, 4) is 0 Å². The van der Waals surface area contributed by atoms with Crippen molar-refractivity contribution >= 4 is 56.1 Å². The first-order chi connectivity index (χ1) is 4.19. The lowest BCUT2D eigenvalue weighted by Gasteiger charge is -2.05. The molecule has 0 atom stereocenters. The molecule has 0 heterocycles. The zero-order valence-electron chi connectivity index (χ0n) is 4.19. The molecule has 0 spiro atoms. The van der Waals surface area contributed by atoms with E-state index in [-0.39, 0.29) is 0 Å². The van der Waals surface area contributed by atoms with Crippen molar-refractivity contribution in [3.63, 3.8) is 0 Å². The van der Waals surface area contributed by atoms with Gasteiger partial charge in [0.05, 0.1) is 0 Å². The largest absolute Gasteiger partial charge is 0.488 e. The zero-order chi connectivity index (χ0) is 8.58. The summed E-state index contributed by atoms with van der Waals surface area (Å²) in [6, 6.07) is 0. The summed E-state index contributed by atoms with van der Waals surface area (Å²) in [5, 5.41) is 0. The Hall–Kier alpha value is 1.26. The summed E-state index contributed by atoms with van der Waals surface area (Å²) in [5.74, 6) is 0. The first-order valence-corrected chi connectivity index (χ1v) is 5.81. The number of halogens is 5. The molecule has 0 aliphatic carbocycles. The predicted octanol–water partition coefficient (Wildman–Crippen LogP) is 1.78. The highest BCUT2D eigenvalue weighted by Gasteiger charge is 2.50. The van der Waals surface area contributed by atoms with Crippen molar-refractivity contribution in [2.24, 2.45) is 0 Å². The van der Waals surface area contributed by atoms with Crippen LogP contribution in [0.4, 0.5) is 13.2 Å². The van der Waals surface area contributed by atoms with Crippen LogP contribution >= 0.6 is 44.7 Å². The first-order valence-electron chi connectivity index (χ1n) is 1.78. The maximum absolute atomic E-state index is 11.5. The molecule has 9 heteroatoms. The zero-order valence-corrected chi connectivity index (χ0v) is 9.32. The summed E-state index contributed by atoms with van der Waals surface area (Å²) in [6.07, 6.45) is 0. The maximum Gasteiger partial charge on any atom is 0.488 e. The molecule has 0 aliphatic heterocycles. The quantitative estimate of drug-likeness (QED) is 0.499. The Morgan fingerprint density at radius 3 is 1.50 bits per heavy atom. The third kappa shape index (κ3) is 2.39. The van der Waals surface area contributed by atoms with E-state index in [9.17, 15) is 21.6 Å². The normalized spacial score (nSPS) is 13.3. The highest BCUT2D eigenvalue weighted by Crippen LogP contribution is 2.30. The molecule has 0 saturated heterocycles. The van der Waals surface area contributed by atoms with Gasteiger partial charge in [0.15, 0.2) is 0 Å². The van der Waals surface area contributed by atoms with Gasteiger partial charge in [0, 0.05) is 0 Å². The Balaban J connectivity index is 4.79. The third-order valence-electron chi connectivity index (χ3n) is 0.557. The topological polar surface area (TPSA) is 34.1 Å².